The van der Waals surface area contributed by atoms with Gasteiger partial charge in [-0.1, -0.05) is 44.6 Å². The maximum absolute atomic E-state index is 13.2. The molecule has 1 aromatic heterocycles. The normalized spacial score (nSPS) is 18.7. The predicted octanol–water partition coefficient (Wildman–Crippen LogP) is 5.15. The molecular formula is C25H37N3O2. The number of aryl methyl sites for hydroxylation is 1. The largest absolute Gasteiger partial charge is 0.392 e. The van der Waals surface area contributed by atoms with Gasteiger partial charge in [0.1, 0.15) is 5.82 Å². The molecule has 2 saturated carbocycles. The highest BCUT2D eigenvalue weighted by molar-refractivity contribution is 5.79. The maximum Gasteiger partial charge on any atom is 0.224 e. The van der Waals surface area contributed by atoms with Crippen LogP contribution in [0.4, 0.5) is 0 Å². The van der Waals surface area contributed by atoms with Gasteiger partial charge in [-0.05, 0) is 50.3 Å². The Morgan fingerprint density at radius 1 is 1.10 bits per heavy atom. The first kappa shape index (κ1) is 21.4. The molecule has 2 aromatic rings. The molecule has 0 saturated heterocycles. The van der Waals surface area contributed by atoms with Gasteiger partial charge in [-0.25, -0.2) is 4.98 Å². The Labute approximate surface area is 180 Å². The summed E-state index contributed by atoms with van der Waals surface area (Å²) in [4.78, 5) is 20.3. The quantitative estimate of drug-likeness (QED) is 0.686. The number of amides is 1. The smallest absolute Gasteiger partial charge is 0.224 e. The lowest BCUT2D eigenvalue weighted by atomic mass is 9.88. The molecule has 0 radical (unpaired) electrons. The van der Waals surface area contributed by atoms with Crippen LogP contribution in [0, 0.1) is 0 Å². The Kier molecular flexibility index (Phi) is 7.08. The highest BCUT2D eigenvalue weighted by Gasteiger charge is 2.26. The fourth-order valence-electron chi connectivity index (χ4n) is 5.58. The number of rotatable bonds is 7. The molecule has 1 aromatic carbocycles. The molecule has 0 aliphatic heterocycles. The second-order valence-corrected chi connectivity index (χ2v) is 9.16. The summed E-state index contributed by atoms with van der Waals surface area (Å²) in [6.45, 7) is 3.66. The molecule has 0 spiro atoms. The van der Waals surface area contributed by atoms with E-state index in [-0.39, 0.29) is 12.5 Å². The number of carbonyl (C=O) groups excluding carboxylic acids is 1. The number of hydrogen-bond acceptors (Lipinski definition) is 3. The van der Waals surface area contributed by atoms with Crippen LogP contribution in [0.25, 0.3) is 11.0 Å². The van der Waals surface area contributed by atoms with Crippen molar-refractivity contribution >= 4 is 16.9 Å². The van der Waals surface area contributed by atoms with Crippen molar-refractivity contribution in [2.24, 2.45) is 0 Å². The minimum Gasteiger partial charge on any atom is -0.392 e. The van der Waals surface area contributed by atoms with Crippen molar-refractivity contribution < 1.29 is 9.90 Å². The first-order chi connectivity index (χ1) is 14.7. The second-order valence-electron chi connectivity index (χ2n) is 9.16. The van der Waals surface area contributed by atoms with Crippen LogP contribution in [0.3, 0.4) is 0 Å². The van der Waals surface area contributed by atoms with Crippen molar-refractivity contribution in [1.82, 2.24) is 14.5 Å². The van der Waals surface area contributed by atoms with E-state index in [2.05, 4.69) is 22.5 Å². The third-order valence-electron chi connectivity index (χ3n) is 7.22. The average Bonchev–Trinajstić information content (AvgIpc) is 3.17. The number of hydrogen-bond donors (Lipinski definition) is 1. The third-order valence-corrected chi connectivity index (χ3v) is 7.22. The minimum absolute atomic E-state index is 0.0346. The summed E-state index contributed by atoms with van der Waals surface area (Å²) < 4.78 is 2.30. The lowest BCUT2D eigenvalue weighted by Gasteiger charge is -2.34. The summed E-state index contributed by atoms with van der Waals surface area (Å²) in [7, 11) is 0. The van der Waals surface area contributed by atoms with E-state index in [1.54, 1.807) is 0 Å². The average molecular weight is 412 g/mol. The molecule has 2 aliphatic rings. The SMILES string of the molecule is CCN(C(=O)CCn1c(C2CCCCC2)nc2cc(CO)ccc21)C1CCCCC1. The molecule has 1 heterocycles. The van der Waals surface area contributed by atoms with Crippen molar-refractivity contribution in [3.8, 4) is 0 Å². The van der Waals surface area contributed by atoms with Gasteiger partial charge in [-0.2, -0.15) is 0 Å². The van der Waals surface area contributed by atoms with Gasteiger partial charge < -0.3 is 14.6 Å². The van der Waals surface area contributed by atoms with Crippen LogP contribution in [0.1, 0.15) is 94.9 Å². The van der Waals surface area contributed by atoms with Crippen molar-refractivity contribution in [2.45, 2.75) is 103 Å². The molecule has 5 heteroatoms. The molecule has 5 nitrogen and oxygen atoms in total. The van der Waals surface area contributed by atoms with Gasteiger partial charge in [0.2, 0.25) is 5.91 Å². The van der Waals surface area contributed by atoms with E-state index in [0.29, 0.717) is 24.9 Å². The summed E-state index contributed by atoms with van der Waals surface area (Å²) in [6, 6.07) is 6.48. The molecule has 1 amide bonds. The fraction of sp³-hybridized carbons (Fsp3) is 0.680. The molecule has 164 valence electrons. The Morgan fingerprint density at radius 2 is 1.80 bits per heavy atom. The minimum atomic E-state index is 0.0346. The number of imidazole rings is 1. The summed E-state index contributed by atoms with van der Waals surface area (Å²) >= 11 is 0. The number of nitrogens with zero attached hydrogens (tertiary/aromatic N) is 3. The molecule has 0 bridgehead atoms. The van der Waals surface area contributed by atoms with Gasteiger partial charge in [-0.3, -0.25) is 4.79 Å². The third kappa shape index (κ3) is 4.56. The number of carbonyl (C=O) groups is 1. The van der Waals surface area contributed by atoms with E-state index in [0.717, 1.165) is 41.8 Å². The number of aliphatic hydroxyl groups is 1. The Hall–Kier alpha value is -1.88. The molecule has 2 fully saturated rings. The van der Waals surface area contributed by atoms with Gasteiger partial charge in [0.05, 0.1) is 17.6 Å². The molecule has 0 atom stereocenters. The number of benzene rings is 1. The van der Waals surface area contributed by atoms with Crippen molar-refractivity contribution in [3.63, 3.8) is 0 Å². The van der Waals surface area contributed by atoms with Crippen molar-refractivity contribution in [2.75, 3.05) is 6.54 Å². The fourth-order valence-corrected chi connectivity index (χ4v) is 5.58. The Morgan fingerprint density at radius 3 is 2.47 bits per heavy atom. The van der Waals surface area contributed by atoms with E-state index in [1.807, 2.05) is 12.1 Å². The lowest BCUT2D eigenvalue weighted by molar-refractivity contribution is -0.134. The number of aromatic nitrogens is 2. The topological polar surface area (TPSA) is 58.4 Å². The van der Waals surface area contributed by atoms with E-state index in [9.17, 15) is 9.90 Å². The van der Waals surface area contributed by atoms with Crippen LogP contribution >= 0.6 is 0 Å². The summed E-state index contributed by atoms with van der Waals surface area (Å²) in [5.41, 5.74) is 2.95. The van der Waals surface area contributed by atoms with Gasteiger partial charge in [0.25, 0.3) is 0 Å². The number of aliphatic hydroxyl groups excluding tert-OH is 1. The first-order valence-corrected chi connectivity index (χ1v) is 12.1. The zero-order valence-electron chi connectivity index (χ0n) is 18.5. The van der Waals surface area contributed by atoms with Crippen LogP contribution in [0.5, 0.6) is 0 Å². The summed E-state index contributed by atoms with van der Waals surface area (Å²) in [5.74, 6) is 1.92. The zero-order valence-corrected chi connectivity index (χ0v) is 18.5. The monoisotopic (exact) mass is 411 g/mol. The predicted molar refractivity (Wildman–Crippen MR) is 120 cm³/mol. The van der Waals surface area contributed by atoms with Crippen molar-refractivity contribution in [1.29, 1.82) is 0 Å². The van der Waals surface area contributed by atoms with Crippen LogP contribution in [-0.2, 0) is 17.9 Å². The lowest BCUT2D eigenvalue weighted by Crippen LogP contribution is -2.41. The van der Waals surface area contributed by atoms with Crippen LogP contribution in [0.15, 0.2) is 18.2 Å². The first-order valence-electron chi connectivity index (χ1n) is 12.1. The Balaban J connectivity index is 1.56. The molecule has 2 aliphatic carbocycles. The number of fused-ring (bicyclic) bond motifs is 1. The molecule has 30 heavy (non-hydrogen) atoms. The second kappa shape index (κ2) is 9.95. The van der Waals surface area contributed by atoms with Crippen LogP contribution < -0.4 is 0 Å². The highest BCUT2D eigenvalue weighted by atomic mass is 16.3. The van der Waals surface area contributed by atoms with Crippen molar-refractivity contribution in [3.05, 3.63) is 29.6 Å². The van der Waals surface area contributed by atoms with Gasteiger partial charge in [0.15, 0.2) is 0 Å². The summed E-state index contributed by atoms with van der Waals surface area (Å²) in [5, 5.41) is 9.53. The van der Waals surface area contributed by atoms with E-state index in [4.69, 9.17) is 4.98 Å². The maximum atomic E-state index is 13.2. The van der Waals surface area contributed by atoms with E-state index >= 15 is 0 Å². The van der Waals surface area contributed by atoms with Crippen LogP contribution in [0.2, 0.25) is 0 Å². The van der Waals surface area contributed by atoms with Gasteiger partial charge in [-0.15, -0.1) is 0 Å². The Bertz CT molecular complexity index is 847. The van der Waals surface area contributed by atoms with Crippen LogP contribution in [-0.4, -0.2) is 38.1 Å². The standard InChI is InChI=1S/C25H37N3O2/c1-2-27(21-11-7-4-8-12-21)24(30)15-16-28-23-14-13-19(18-29)17-22(23)26-25(28)20-9-5-3-6-10-20/h13-14,17,20-21,29H,2-12,15-16,18H2,1H3. The van der Waals surface area contributed by atoms with E-state index in [1.165, 1.54) is 51.4 Å². The molecule has 0 unspecified atom stereocenters. The highest BCUT2D eigenvalue weighted by Crippen LogP contribution is 2.34. The molecule has 1 N–H and O–H groups in total. The van der Waals surface area contributed by atoms with E-state index < -0.39 is 0 Å². The van der Waals surface area contributed by atoms with Gasteiger partial charge >= 0.3 is 0 Å². The molecular weight excluding hydrogens is 374 g/mol. The van der Waals surface area contributed by atoms with Gasteiger partial charge in [0, 0.05) is 31.5 Å². The summed E-state index contributed by atoms with van der Waals surface area (Å²) in [6.07, 6.45) is 12.9. The zero-order chi connectivity index (χ0) is 20.9. The molecule has 4 rings (SSSR count).